The highest BCUT2D eigenvalue weighted by Crippen LogP contribution is 2.25. The summed E-state index contributed by atoms with van der Waals surface area (Å²) < 4.78 is 0. The van der Waals surface area contributed by atoms with Crippen LogP contribution in [0.2, 0.25) is 10.0 Å². The van der Waals surface area contributed by atoms with Crippen molar-refractivity contribution < 1.29 is 4.79 Å². The molecule has 0 saturated carbocycles. The van der Waals surface area contributed by atoms with Gasteiger partial charge in [0.25, 0.3) is 5.91 Å². The van der Waals surface area contributed by atoms with Crippen molar-refractivity contribution in [1.82, 2.24) is 9.97 Å². The van der Waals surface area contributed by atoms with Crippen molar-refractivity contribution in [2.24, 2.45) is 0 Å². The number of nitrogens with one attached hydrogen (secondary N) is 2. The molecule has 25 heavy (non-hydrogen) atoms. The quantitative estimate of drug-likeness (QED) is 0.683. The molecule has 0 aliphatic carbocycles. The van der Waals surface area contributed by atoms with Crippen molar-refractivity contribution in [2.75, 3.05) is 10.6 Å². The summed E-state index contributed by atoms with van der Waals surface area (Å²) in [6, 6.07) is 16.4. The van der Waals surface area contributed by atoms with Crippen LogP contribution in [0.4, 0.5) is 11.5 Å². The summed E-state index contributed by atoms with van der Waals surface area (Å²) in [6.45, 7) is 0.603. The first-order valence-electron chi connectivity index (χ1n) is 7.48. The summed E-state index contributed by atoms with van der Waals surface area (Å²) in [5, 5.41) is 6.69. The van der Waals surface area contributed by atoms with E-state index in [9.17, 15) is 4.79 Å². The topological polar surface area (TPSA) is 66.9 Å². The minimum Gasteiger partial charge on any atom is -0.366 e. The lowest BCUT2D eigenvalue weighted by atomic mass is 10.2. The number of halogens is 2. The van der Waals surface area contributed by atoms with Crippen LogP contribution >= 0.6 is 23.2 Å². The fourth-order valence-electron chi connectivity index (χ4n) is 2.14. The van der Waals surface area contributed by atoms with E-state index in [1.807, 2.05) is 30.3 Å². The fourth-order valence-corrected chi connectivity index (χ4v) is 2.43. The fraction of sp³-hybridized carbons (Fsp3) is 0.0556. The molecule has 1 aromatic heterocycles. The molecule has 3 rings (SSSR count). The molecule has 0 fully saturated rings. The van der Waals surface area contributed by atoms with E-state index in [1.165, 1.54) is 6.33 Å². The van der Waals surface area contributed by atoms with Gasteiger partial charge in [-0.25, -0.2) is 9.97 Å². The Morgan fingerprint density at radius 1 is 0.960 bits per heavy atom. The number of carbonyl (C=O) groups excluding carboxylic acids is 1. The molecule has 2 N–H and O–H groups in total. The van der Waals surface area contributed by atoms with Gasteiger partial charge in [0.05, 0.1) is 10.0 Å². The molecular weight excluding hydrogens is 359 g/mol. The van der Waals surface area contributed by atoms with E-state index in [2.05, 4.69) is 20.6 Å². The van der Waals surface area contributed by atoms with Crippen LogP contribution in [0.25, 0.3) is 0 Å². The van der Waals surface area contributed by atoms with Gasteiger partial charge in [0, 0.05) is 18.3 Å². The number of benzene rings is 2. The zero-order chi connectivity index (χ0) is 17.6. The average molecular weight is 373 g/mol. The number of hydrogen-bond donors (Lipinski definition) is 2. The maximum Gasteiger partial charge on any atom is 0.274 e. The van der Waals surface area contributed by atoms with E-state index in [1.54, 1.807) is 24.3 Å². The SMILES string of the molecule is O=C(Nc1ccc(Cl)c(Cl)c1)c1cc(NCc2ccccc2)ncn1. The summed E-state index contributed by atoms with van der Waals surface area (Å²) in [4.78, 5) is 20.5. The van der Waals surface area contributed by atoms with E-state index in [0.29, 0.717) is 28.1 Å². The predicted molar refractivity (Wildman–Crippen MR) is 100 cm³/mol. The zero-order valence-corrected chi connectivity index (χ0v) is 14.6. The van der Waals surface area contributed by atoms with Crippen LogP contribution in [-0.4, -0.2) is 15.9 Å². The normalized spacial score (nSPS) is 10.3. The molecule has 0 aliphatic rings. The number of anilines is 2. The Kier molecular flexibility index (Phi) is 5.48. The van der Waals surface area contributed by atoms with Crippen LogP contribution in [0.15, 0.2) is 60.9 Å². The van der Waals surface area contributed by atoms with Gasteiger partial charge in [-0.1, -0.05) is 53.5 Å². The largest absolute Gasteiger partial charge is 0.366 e. The van der Waals surface area contributed by atoms with Crippen LogP contribution in [0.5, 0.6) is 0 Å². The molecule has 126 valence electrons. The molecule has 0 saturated heterocycles. The van der Waals surface area contributed by atoms with Crippen molar-refractivity contribution >= 4 is 40.6 Å². The first-order chi connectivity index (χ1) is 12.1. The molecule has 5 nitrogen and oxygen atoms in total. The van der Waals surface area contributed by atoms with Crippen molar-refractivity contribution in [2.45, 2.75) is 6.54 Å². The Balaban J connectivity index is 1.67. The lowest BCUT2D eigenvalue weighted by Gasteiger charge is -2.08. The van der Waals surface area contributed by atoms with Crippen LogP contribution in [0.1, 0.15) is 16.1 Å². The van der Waals surface area contributed by atoms with E-state index in [-0.39, 0.29) is 11.6 Å². The molecule has 0 radical (unpaired) electrons. The third-order valence-corrected chi connectivity index (χ3v) is 4.13. The second kappa shape index (κ2) is 7.96. The number of nitrogens with zero attached hydrogens (tertiary/aromatic N) is 2. The maximum atomic E-state index is 12.3. The van der Waals surface area contributed by atoms with Crippen molar-refractivity contribution in [3.8, 4) is 0 Å². The lowest BCUT2D eigenvalue weighted by molar-refractivity contribution is 0.102. The molecule has 0 aliphatic heterocycles. The second-order valence-electron chi connectivity index (χ2n) is 5.21. The number of hydrogen-bond acceptors (Lipinski definition) is 4. The minimum absolute atomic E-state index is 0.247. The zero-order valence-electron chi connectivity index (χ0n) is 13.0. The molecule has 2 aromatic carbocycles. The van der Waals surface area contributed by atoms with Gasteiger partial charge in [-0.05, 0) is 23.8 Å². The minimum atomic E-state index is -0.358. The molecule has 1 heterocycles. The number of aromatic nitrogens is 2. The standard InChI is InChI=1S/C18H14Cl2N4O/c19-14-7-6-13(8-15(14)20)24-18(25)16-9-17(23-11-22-16)21-10-12-4-2-1-3-5-12/h1-9,11H,10H2,(H,24,25)(H,21,22,23). The van der Waals surface area contributed by atoms with Crippen LogP contribution in [0.3, 0.4) is 0 Å². The maximum absolute atomic E-state index is 12.3. The third kappa shape index (κ3) is 4.68. The summed E-state index contributed by atoms with van der Waals surface area (Å²) in [7, 11) is 0. The van der Waals surface area contributed by atoms with Gasteiger partial charge in [-0.2, -0.15) is 0 Å². The van der Waals surface area contributed by atoms with E-state index in [0.717, 1.165) is 5.56 Å². The Morgan fingerprint density at radius 3 is 2.52 bits per heavy atom. The van der Waals surface area contributed by atoms with Crippen molar-refractivity contribution in [3.63, 3.8) is 0 Å². The molecule has 0 unspecified atom stereocenters. The van der Waals surface area contributed by atoms with Gasteiger partial charge < -0.3 is 10.6 Å². The number of rotatable bonds is 5. The molecule has 0 bridgehead atoms. The Hall–Kier alpha value is -2.63. The highest BCUT2D eigenvalue weighted by Gasteiger charge is 2.10. The molecule has 0 spiro atoms. The highest BCUT2D eigenvalue weighted by atomic mass is 35.5. The van der Waals surface area contributed by atoms with Gasteiger partial charge in [0.1, 0.15) is 17.8 Å². The Bertz CT molecular complexity index is 887. The van der Waals surface area contributed by atoms with Gasteiger partial charge >= 0.3 is 0 Å². The van der Waals surface area contributed by atoms with Gasteiger partial charge in [0.15, 0.2) is 0 Å². The van der Waals surface area contributed by atoms with Crippen molar-refractivity contribution in [3.05, 3.63) is 82.2 Å². The number of carbonyl (C=O) groups is 1. The molecule has 1 amide bonds. The first-order valence-corrected chi connectivity index (χ1v) is 8.23. The Labute approximate surface area is 155 Å². The summed E-state index contributed by atoms with van der Waals surface area (Å²) >= 11 is 11.8. The third-order valence-electron chi connectivity index (χ3n) is 3.39. The van der Waals surface area contributed by atoms with E-state index in [4.69, 9.17) is 23.2 Å². The van der Waals surface area contributed by atoms with Crippen LogP contribution < -0.4 is 10.6 Å². The number of amides is 1. The molecule has 7 heteroatoms. The van der Waals surface area contributed by atoms with Gasteiger partial charge in [-0.3, -0.25) is 4.79 Å². The lowest BCUT2D eigenvalue weighted by Crippen LogP contribution is -2.14. The average Bonchev–Trinajstić information content (AvgIpc) is 2.64. The van der Waals surface area contributed by atoms with Crippen LogP contribution in [-0.2, 0) is 6.54 Å². The monoisotopic (exact) mass is 372 g/mol. The molecular formula is C18H14Cl2N4O. The summed E-state index contributed by atoms with van der Waals surface area (Å²) in [6.07, 6.45) is 1.34. The predicted octanol–water partition coefficient (Wildman–Crippen LogP) is 4.65. The molecule has 0 atom stereocenters. The Morgan fingerprint density at radius 2 is 1.76 bits per heavy atom. The van der Waals surface area contributed by atoms with E-state index >= 15 is 0 Å². The summed E-state index contributed by atoms with van der Waals surface area (Å²) in [5.74, 6) is 0.210. The summed E-state index contributed by atoms with van der Waals surface area (Å²) in [5.41, 5.74) is 1.90. The van der Waals surface area contributed by atoms with Crippen molar-refractivity contribution in [1.29, 1.82) is 0 Å². The molecule has 3 aromatic rings. The highest BCUT2D eigenvalue weighted by molar-refractivity contribution is 6.42. The van der Waals surface area contributed by atoms with Gasteiger partial charge in [-0.15, -0.1) is 0 Å². The van der Waals surface area contributed by atoms with Gasteiger partial charge in [0.2, 0.25) is 0 Å². The van der Waals surface area contributed by atoms with E-state index < -0.39 is 0 Å². The van der Waals surface area contributed by atoms with Crippen LogP contribution in [0, 0.1) is 0 Å². The second-order valence-corrected chi connectivity index (χ2v) is 6.03. The first kappa shape index (κ1) is 17.2. The smallest absolute Gasteiger partial charge is 0.274 e.